The molecule has 0 aliphatic carbocycles. The first kappa shape index (κ1) is 9.22. The van der Waals surface area contributed by atoms with E-state index in [-0.39, 0.29) is 18.4 Å². The van der Waals surface area contributed by atoms with E-state index >= 15 is 0 Å². The number of rotatable bonds is 3. The van der Waals surface area contributed by atoms with Gasteiger partial charge in [-0.3, -0.25) is 4.79 Å². The van der Waals surface area contributed by atoms with Gasteiger partial charge in [-0.2, -0.15) is 0 Å². The summed E-state index contributed by atoms with van der Waals surface area (Å²) in [7, 11) is 0. The third-order valence-corrected chi connectivity index (χ3v) is 2.48. The molecule has 3 nitrogen and oxygen atoms in total. The highest BCUT2D eigenvalue weighted by molar-refractivity contribution is 7.10. The zero-order chi connectivity index (χ0) is 9.14. The van der Waals surface area contributed by atoms with Crippen molar-refractivity contribution in [2.75, 3.05) is 0 Å². The van der Waals surface area contributed by atoms with Crippen LogP contribution in [0.25, 0.3) is 0 Å². The van der Waals surface area contributed by atoms with Gasteiger partial charge in [-0.15, -0.1) is 11.3 Å². The van der Waals surface area contributed by atoms with Crippen LogP contribution in [0.15, 0.2) is 11.4 Å². The van der Waals surface area contributed by atoms with Gasteiger partial charge in [0.2, 0.25) is 5.91 Å². The molecule has 1 rings (SSSR count). The first-order chi connectivity index (χ1) is 5.59. The minimum absolute atomic E-state index is 0.218. The number of hydrogen-bond acceptors (Lipinski definition) is 3. The molecule has 4 N–H and O–H groups in total. The average molecular weight is 184 g/mol. The summed E-state index contributed by atoms with van der Waals surface area (Å²) in [5.41, 5.74) is 11.7. The molecule has 1 amide bonds. The quantitative estimate of drug-likeness (QED) is 0.733. The largest absolute Gasteiger partial charge is 0.370 e. The zero-order valence-electron chi connectivity index (χ0n) is 6.91. The first-order valence-electron chi connectivity index (χ1n) is 3.68. The van der Waals surface area contributed by atoms with Gasteiger partial charge < -0.3 is 11.5 Å². The van der Waals surface area contributed by atoms with E-state index in [1.54, 1.807) is 11.3 Å². The summed E-state index contributed by atoms with van der Waals surface area (Å²) in [6.45, 7) is 2.01. The van der Waals surface area contributed by atoms with Crippen LogP contribution in [0.1, 0.15) is 22.9 Å². The van der Waals surface area contributed by atoms with E-state index in [1.807, 2.05) is 18.4 Å². The Kier molecular flexibility index (Phi) is 2.83. The highest BCUT2D eigenvalue weighted by Gasteiger charge is 2.09. The number of hydrogen-bond donors (Lipinski definition) is 2. The van der Waals surface area contributed by atoms with Crippen molar-refractivity contribution >= 4 is 17.2 Å². The lowest BCUT2D eigenvalue weighted by Crippen LogP contribution is -2.20. The number of thiophene rings is 1. The second kappa shape index (κ2) is 3.69. The molecular formula is C8H12N2OS. The van der Waals surface area contributed by atoms with Crippen molar-refractivity contribution in [2.24, 2.45) is 11.5 Å². The molecule has 0 spiro atoms. The van der Waals surface area contributed by atoms with Crippen LogP contribution in [0.3, 0.4) is 0 Å². The number of nitrogens with two attached hydrogens (primary N) is 2. The van der Waals surface area contributed by atoms with Crippen LogP contribution in [0.4, 0.5) is 0 Å². The van der Waals surface area contributed by atoms with Gasteiger partial charge in [0.05, 0.1) is 0 Å². The van der Waals surface area contributed by atoms with Crippen molar-refractivity contribution in [3.8, 4) is 0 Å². The first-order valence-corrected chi connectivity index (χ1v) is 4.56. The van der Waals surface area contributed by atoms with Crippen molar-refractivity contribution < 1.29 is 4.79 Å². The van der Waals surface area contributed by atoms with Gasteiger partial charge in [0.15, 0.2) is 0 Å². The number of amides is 1. The Hall–Kier alpha value is -0.870. The highest BCUT2D eigenvalue weighted by atomic mass is 32.1. The fourth-order valence-electron chi connectivity index (χ4n) is 0.993. The molecule has 0 aliphatic rings. The number of carbonyl (C=O) groups is 1. The molecule has 0 fully saturated rings. The molecule has 1 atom stereocenters. The fraction of sp³-hybridized carbons (Fsp3) is 0.375. The Morgan fingerprint density at radius 3 is 2.83 bits per heavy atom. The maximum atomic E-state index is 10.5. The lowest BCUT2D eigenvalue weighted by molar-refractivity contribution is -0.118. The number of aryl methyl sites for hydroxylation is 1. The average Bonchev–Trinajstić information content (AvgIpc) is 2.34. The van der Waals surface area contributed by atoms with Crippen molar-refractivity contribution in [3.05, 3.63) is 21.9 Å². The molecule has 4 heteroatoms. The molecule has 1 heterocycles. The van der Waals surface area contributed by atoms with Crippen LogP contribution >= 0.6 is 11.3 Å². The van der Waals surface area contributed by atoms with E-state index in [4.69, 9.17) is 11.5 Å². The maximum absolute atomic E-state index is 10.5. The van der Waals surface area contributed by atoms with Gasteiger partial charge in [-0.05, 0) is 23.9 Å². The lowest BCUT2D eigenvalue weighted by Gasteiger charge is -2.05. The second-order valence-corrected chi connectivity index (χ2v) is 3.88. The summed E-state index contributed by atoms with van der Waals surface area (Å²) in [5.74, 6) is -0.355. The van der Waals surface area contributed by atoms with Crippen LogP contribution in [0.5, 0.6) is 0 Å². The van der Waals surface area contributed by atoms with Crippen molar-refractivity contribution in [1.29, 1.82) is 0 Å². The Morgan fingerprint density at radius 2 is 2.42 bits per heavy atom. The zero-order valence-corrected chi connectivity index (χ0v) is 7.73. The van der Waals surface area contributed by atoms with E-state index in [1.165, 1.54) is 4.88 Å². The minimum atomic E-state index is -0.355. The predicted molar refractivity (Wildman–Crippen MR) is 49.8 cm³/mol. The molecule has 12 heavy (non-hydrogen) atoms. The Morgan fingerprint density at radius 1 is 1.75 bits per heavy atom. The molecule has 0 bridgehead atoms. The Labute approximate surface area is 75.4 Å². The van der Waals surface area contributed by atoms with E-state index < -0.39 is 0 Å². The second-order valence-electron chi connectivity index (χ2n) is 2.77. The van der Waals surface area contributed by atoms with E-state index in [9.17, 15) is 4.79 Å². The number of carbonyl (C=O) groups excluding carboxylic acids is 1. The van der Waals surface area contributed by atoms with Crippen LogP contribution in [0.2, 0.25) is 0 Å². The smallest absolute Gasteiger partial charge is 0.219 e. The molecule has 1 aromatic rings. The van der Waals surface area contributed by atoms with Gasteiger partial charge >= 0.3 is 0 Å². The SMILES string of the molecule is Cc1cc(C(N)CC(N)=O)cs1. The monoisotopic (exact) mass is 184 g/mol. The van der Waals surface area contributed by atoms with Crippen molar-refractivity contribution in [1.82, 2.24) is 0 Å². The van der Waals surface area contributed by atoms with Crippen molar-refractivity contribution in [2.45, 2.75) is 19.4 Å². The lowest BCUT2D eigenvalue weighted by atomic mass is 10.1. The van der Waals surface area contributed by atoms with Gasteiger partial charge in [0, 0.05) is 17.3 Å². The van der Waals surface area contributed by atoms with Crippen LogP contribution < -0.4 is 11.5 Å². The topological polar surface area (TPSA) is 69.1 Å². The summed E-state index contributed by atoms with van der Waals surface area (Å²) in [5, 5.41) is 1.96. The van der Waals surface area contributed by atoms with Crippen LogP contribution in [-0.2, 0) is 4.79 Å². The summed E-state index contributed by atoms with van der Waals surface area (Å²) in [6, 6.07) is 1.74. The molecule has 0 saturated heterocycles. The van der Waals surface area contributed by atoms with Crippen LogP contribution in [0, 0.1) is 6.92 Å². The molecule has 0 saturated carbocycles. The molecule has 0 aromatic carbocycles. The summed E-state index contributed by atoms with van der Waals surface area (Å²) >= 11 is 1.63. The van der Waals surface area contributed by atoms with Gasteiger partial charge in [0.1, 0.15) is 0 Å². The fourth-order valence-corrected chi connectivity index (χ4v) is 1.76. The summed E-state index contributed by atoms with van der Waals surface area (Å²) in [6.07, 6.45) is 0.218. The van der Waals surface area contributed by atoms with E-state index in [2.05, 4.69) is 0 Å². The van der Waals surface area contributed by atoms with Gasteiger partial charge in [-0.25, -0.2) is 0 Å². The molecule has 0 radical (unpaired) electrons. The molecular weight excluding hydrogens is 172 g/mol. The van der Waals surface area contributed by atoms with Crippen molar-refractivity contribution in [3.63, 3.8) is 0 Å². The normalized spacial score (nSPS) is 12.8. The van der Waals surface area contributed by atoms with Gasteiger partial charge in [0.25, 0.3) is 0 Å². The molecule has 1 unspecified atom stereocenters. The summed E-state index contributed by atoms with van der Waals surface area (Å²) in [4.78, 5) is 11.7. The van der Waals surface area contributed by atoms with E-state index in [0.717, 1.165) is 5.56 Å². The Bertz CT molecular complexity index is 282. The highest BCUT2D eigenvalue weighted by Crippen LogP contribution is 2.20. The third-order valence-electron chi connectivity index (χ3n) is 1.60. The maximum Gasteiger partial charge on any atom is 0.219 e. The molecule has 1 aromatic heterocycles. The van der Waals surface area contributed by atoms with E-state index in [0.29, 0.717) is 0 Å². The van der Waals surface area contributed by atoms with Gasteiger partial charge in [-0.1, -0.05) is 0 Å². The summed E-state index contributed by atoms with van der Waals surface area (Å²) < 4.78 is 0. The molecule has 66 valence electrons. The molecule has 0 aliphatic heterocycles. The Balaban J connectivity index is 2.64. The minimum Gasteiger partial charge on any atom is -0.370 e. The standard InChI is InChI=1S/C8H12N2OS/c1-5-2-6(4-12-5)7(9)3-8(10)11/h2,4,7H,3,9H2,1H3,(H2,10,11). The number of primary amides is 1. The third kappa shape index (κ3) is 2.32. The predicted octanol–water partition coefficient (Wildman–Crippen LogP) is 0.932. The van der Waals surface area contributed by atoms with Crippen LogP contribution in [-0.4, -0.2) is 5.91 Å².